The number of amides is 1. The van der Waals surface area contributed by atoms with Crippen molar-refractivity contribution in [3.8, 4) is 5.00 Å². The fraction of sp³-hybridized carbons (Fsp3) is 0.200. The summed E-state index contributed by atoms with van der Waals surface area (Å²) in [6.07, 6.45) is 3.84. The number of ether oxygens (including phenoxy) is 1. The molecule has 2 aromatic heterocycles. The van der Waals surface area contributed by atoms with E-state index in [2.05, 4.69) is 5.32 Å². The summed E-state index contributed by atoms with van der Waals surface area (Å²) in [5, 5.41) is 3.83. The minimum Gasteiger partial charge on any atom is -0.465 e. The lowest BCUT2D eigenvalue weighted by atomic mass is 10.1. The quantitative estimate of drug-likeness (QED) is 0.690. The standard InChI is InChI=1S/C20H20N2O3S/c1-12-7-8-15(20(24)25-4)11-16(12)21-18(23)17-13(2)14(3)26-19(17)22-9-5-6-10-22/h5-11H,1-4H3,(H,21,23). The number of aryl methyl sites for hydroxylation is 2. The van der Waals surface area contributed by atoms with Gasteiger partial charge in [-0.05, 0) is 56.2 Å². The van der Waals surface area contributed by atoms with Gasteiger partial charge >= 0.3 is 5.97 Å². The molecule has 6 heteroatoms. The number of nitrogens with one attached hydrogen (secondary N) is 1. The van der Waals surface area contributed by atoms with E-state index in [0.29, 0.717) is 16.8 Å². The van der Waals surface area contributed by atoms with Crippen LogP contribution in [0, 0.1) is 20.8 Å². The Bertz CT molecular complexity index is 971. The van der Waals surface area contributed by atoms with E-state index in [0.717, 1.165) is 21.0 Å². The number of anilines is 1. The Labute approximate surface area is 156 Å². The second-order valence-corrected chi connectivity index (χ2v) is 7.23. The Morgan fingerprint density at radius 3 is 2.46 bits per heavy atom. The summed E-state index contributed by atoms with van der Waals surface area (Å²) >= 11 is 1.58. The largest absolute Gasteiger partial charge is 0.465 e. The molecule has 0 atom stereocenters. The van der Waals surface area contributed by atoms with Crippen LogP contribution in [0.15, 0.2) is 42.7 Å². The van der Waals surface area contributed by atoms with Gasteiger partial charge in [-0.3, -0.25) is 4.79 Å². The van der Waals surface area contributed by atoms with Gasteiger partial charge in [0.1, 0.15) is 5.00 Å². The third-order valence-corrected chi connectivity index (χ3v) is 5.56. The fourth-order valence-electron chi connectivity index (χ4n) is 2.71. The molecule has 1 amide bonds. The molecule has 134 valence electrons. The van der Waals surface area contributed by atoms with Crippen molar-refractivity contribution >= 4 is 28.9 Å². The molecule has 3 aromatic rings. The molecule has 0 spiro atoms. The normalized spacial score (nSPS) is 10.6. The van der Waals surface area contributed by atoms with Gasteiger partial charge in [-0.2, -0.15) is 0 Å². The molecular formula is C20H20N2O3S. The first-order valence-electron chi connectivity index (χ1n) is 8.16. The lowest BCUT2D eigenvalue weighted by Crippen LogP contribution is -2.16. The van der Waals surface area contributed by atoms with E-state index in [-0.39, 0.29) is 5.91 Å². The van der Waals surface area contributed by atoms with E-state index in [9.17, 15) is 9.59 Å². The maximum atomic E-state index is 13.0. The van der Waals surface area contributed by atoms with Crippen molar-refractivity contribution < 1.29 is 14.3 Å². The van der Waals surface area contributed by atoms with Crippen LogP contribution in [0.2, 0.25) is 0 Å². The second-order valence-electron chi connectivity index (χ2n) is 6.03. The van der Waals surface area contributed by atoms with E-state index in [4.69, 9.17) is 4.74 Å². The third-order valence-electron chi connectivity index (χ3n) is 4.34. The van der Waals surface area contributed by atoms with Crippen molar-refractivity contribution in [2.24, 2.45) is 0 Å². The summed E-state index contributed by atoms with van der Waals surface area (Å²) in [4.78, 5) is 25.9. The van der Waals surface area contributed by atoms with Crippen LogP contribution in [-0.4, -0.2) is 23.6 Å². The molecule has 2 heterocycles. The van der Waals surface area contributed by atoms with Gasteiger partial charge in [0.2, 0.25) is 0 Å². The average Bonchev–Trinajstić information content (AvgIpc) is 3.25. The molecule has 0 saturated heterocycles. The molecular weight excluding hydrogens is 348 g/mol. The van der Waals surface area contributed by atoms with Crippen molar-refractivity contribution in [3.63, 3.8) is 0 Å². The van der Waals surface area contributed by atoms with E-state index in [1.165, 1.54) is 7.11 Å². The molecule has 0 saturated carbocycles. The highest BCUT2D eigenvalue weighted by molar-refractivity contribution is 7.15. The Morgan fingerprint density at radius 2 is 1.81 bits per heavy atom. The van der Waals surface area contributed by atoms with Gasteiger partial charge in [0.05, 0.1) is 18.2 Å². The summed E-state index contributed by atoms with van der Waals surface area (Å²) < 4.78 is 6.70. The van der Waals surface area contributed by atoms with E-state index in [1.54, 1.807) is 29.5 Å². The lowest BCUT2D eigenvalue weighted by Gasteiger charge is -2.12. The van der Waals surface area contributed by atoms with E-state index in [1.807, 2.05) is 49.9 Å². The first-order valence-corrected chi connectivity index (χ1v) is 8.97. The number of methoxy groups -OCH3 is 1. The minimum atomic E-state index is -0.434. The van der Waals surface area contributed by atoms with Crippen molar-refractivity contribution in [2.45, 2.75) is 20.8 Å². The van der Waals surface area contributed by atoms with Crippen LogP contribution in [-0.2, 0) is 4.74 Å². The Morgan fingerprint density at radius 1 is 1.12 bits per heavy atom. The summed E-state index contributed by atoms with van der Waals surface area (Å²) in [6.45, 7) is 5.84. The van der Waals surface area contributed by atoms with E-state index >= 15 is 0 Å². The number of carbonyl (C=O) groups is 2. The Kier molecular flexibility index (Phi) is 4.95. The molecule has 1 aromatic carbocycles. The predicted molar refractivity (Wildman–Crippen MR) is 104 cm³/mol. The van der Waals surface area contributed by atoms with Crippen LogP contribution in [0.3, 0.4) is 0 Å². The van der Waals surface area contributed by atoms with Crippen LogP contribution in [0.5, 0.6) is 0 Å². The lowest BCUT2D eigenvalue weighted by molar-refractivity contribution is 0.0600. The van der Waals surface area contributed by atoms with Gasteiger partial charge in [0.25, 0.3) is 5.91 Å². The van der Waals surface area contributed by atoms with Crippen LogP contribution in [0.1, 0.15) is 36.7 Å². The average molecular weight is 368 g/mol. The highest BCUT2D eigenvalue weighted by Gasteiger charge is 2.21. The first-order chi connectivity index (χ1) is 12.4. The number of hydrogen-bond donors (Lipinski definition) is 1. The number of hydrogen-bond acceptors (Lipinski definition) is 4. The summed E-state index contributed by atoms with van der Waals surface area (Å²) in [6, 6.07) is 8.97. The second kappa shape index (κ2) is 7.17. The van der Waals surface area contributed by atoms with Gasteiger partial charge < -0.3 is 14.6 Å². The summed E-state index contributed by atoms with van der Waals surface area (Å²) in [7, 11) is 1.33. The molecule has 0 aliphatic rings. The first kappa shape index (κ1) is 17.9. The van der Waals surface area contributed by atoms with Crippen molar-refractivity contribution in [1.29, 1.82) is 0 Å². The highest BCUT2D eigenvalue weighted by atomic mass is 32.1. The van der Waals surface area contributed by atoms with Gasteiger partial charge in [-0.1, -0.05) is 6.07 Å². The zero-order valence-electron chi connectivity index (χ0n) is 15.1. The predicted octanol–water partition coefficient (Wildman–Crippen LogP) is 4.50. The molecule has 0 fully saturated rings. The van der Waals surface area contributed by atoms with Crippen LogP contribution >= 0.6 is 11.3 Å². The smallest absolute Gasteiger partial charge is 0.337 e. The van der Waals surface area contributed by atoms with Crippen molar-refractivity contribution in [3.05, 3.63) is 69.9 Å². The number of nitrogens with zero attached hydrogens (tertiary/aromatic N) is 1. The molecule has 3 rings (SSSR count). The Balaban J connectivity index is 1.98. The molecule has 0 aliphatic heterocycles. The SMILES string of the molecule is COC(=O)c1ccc(C)c(NC(=O)c2c(-n3cccc3)sc(C)c2C)c1. The molecule has 0 radical (unpaired) electrons. The molecule has 5 nitrogen and oxygen atoms in total. The van der Waals surface area contributed by atoms with Gasteiger partial charge in [-0.25, -0.2) is 4.79 Å². The zero-order valence-corrected chi connectivity index (χ0v) is 15.9. The molecule has 0 bridgehead atoms. The van der Waals surface area contributed by atoms with Gasteiger partial charge in [-0.15, -0.1) is 11.3 Å². The van der Waals surface area contributed by atoms with Crippen molar-refractivity contribution in [1.82, 2.24) is 4.57 Å². The van der Waals surface area contributed by atoms with Crippen LogP contribution in [0.4, 0.5) is 5.69 Å². The summed E-state index contributed by atoms with van der Waals surface area (Å²) in [5.74, 6) is -0.628. The molecule has 0 unspecified atom stereocenters. The topological polar surface area (TPSA) is 60.3 Å². The molecule has 1 N–H and O–H groups in total. The summed E-state index contributed by atoms with van der Waals surface area (Å²) in [5.41, 5.74) is 3.47. The zero-order chi connectivity index (χ0) is 18.8. The number of aromatic nitrogens is 1. The maximum absolute atomic E-state index is 13.0. The van der Waals surface area contributed by atoms with E-state index < -0.39 is 5.97 Å². The monoisotopic (exact) mass is 368 g/mol. The number of rotatable bonds is 4. The Hall–Kier alpha value is -2.86. The maximum Gasteiger partial charge on any atom is 0.337 e. The number of thiophene rings is 1. The molecule has 0 aliphatic carbocycles. The van der Waals surface area contributed by atoms with Crippen LogP contribution < -0.4 is 5.32 Å². The minimum absolute atomic E-state index is 0.194. The fourth-order valence-corrected chi connectivity index (χ4v) is 3.83. The number of esters is 1. The number of carbonyl (C=O) groups excluding carboxylic acids is 2. The van der Waals surface area contributed by atoms with Crippen LogP contribution in [0.25, 0.3) is 5.00 Å². The number of benzene rings is 1. The van der Waals surface area contributed by atoms with Crippen molar-refractivity contribution in [2.75, 3.05) is 12.4 Å². The highest BCUT2D eigenvalue weighted by Crippen LogP contribution is 2.32. The van der Waals surface area contributed by atoms with Gasteiger partial charge in [0, 0.05) is 23.0 Å². The van der Waals surface area contributed by atoms with Gasteiger partial charge in [0.15, 0.2) is 0 Å². The molecule has 26 heavy (non-hydrogen) atoms. The third kappa shape index (κ3) is 3.28.